The van der Waals surface area contributed by atoms with Crippen LogP contribution in [0.2, 0.25) is 0 Å². The van der Waals surface area contributed by atoms with Crippen LogP contribution in [0.4, 0.5) is 10.1 Å². The lowest BCUT2D eigenvalue weighted by atomic mass is 9.73. The molecule has 1 atom stereocenters. The first-order valence-corrected chi connectivity index (χ1v) is 13.7. The zero-order valence-corrected chi connectivity index (χ0v) is 20.9. The van der Waals surface area contributed by atoms with Gasteiger partial charge in [-0.1, -0.05) is 30.3 Å². The smallest absolute Gasteiger partial charge is 0.238 e. The monoisotopic (exact) mass is 490 g/mol. The number of amides is 1. The molecule has 7 heteroatoms. The molecule has 0 radical (unpaired) electrons. The average molecular weight is 491 g/mol. The van der Waals surface area contributed by atoms with Crippen molar-refractivity contribution in [3.8, 4) is 11.1 Å². The summed E-state index contributed by atoms with van der Waals surface area (Å²) in [5, 5.41) is 4.18. The van der Waals surface area contributed by atoms with Crippen LogP contribution in [0.25, 0.3) is 11.1 Å². The van der Waals surface area contributed by atoms with Crippen LogP contribution in [0.5, 0.6) is 0 Å². The van der Waals surface area contributed by atoms with E-state index in [1.54, 1.807) is 16.9 Å². The number of piperidine rings is 1. The molecule has 2 aromatic carbocycles. The summed E-state index contributed by atoms with van der Waals surface area (Å²) in [5.74, 6) is 2.32. The fourth-order valence-corrected chi connectivity index (χ4v) is 7.30. The molecule has 6 rings (SSSR count). The lowest BCUT2D eigenvalue weighted by Crippen LogP contribution is -2.52. The van der Waals surface area contributed by atoms with Crippen LogP contribution >= 0.6 is 11.8 Å². The standard InChI is InChI=1S/C28H31FN4OS/c1-31-17-22(16-30-31)20-8-9-21(25(29)15-20)18-33-26-7-3-2-6-24(26)28(27(33)34)10-12-32(13-11-28)23-5-4-14-35-19-23/h2-3,6-9,15-17,23H,4-5,10-14,18-19H2,1H3. The Labute approximate surface area is 210 Å². The Balaban J connectivity index is 1.25. The van der Waals surface area contributed by atoms with Crippen molar-refractivity contribution in [2.24, 2.45) is 7.05 Å². The third-order valence-corrected chi connectivity index (χ3v) is 9.29. The number of aromatic nitrogens is 2. The largest absolute Gasteiger partial charge is 0.307 e. The van der Waals surface area contributed by atoms with E-state index in [0.717, 1.165) is 48.3 Å². The first kappa shape index (κ1) is 22.8. The number of thioether (sulfide) groups is 1. The Bertz CT molecular complexity index is 1240. The van der Waals surface area contributed by atoms with Crippen LogP contribution < -0.4 is 4.90 Å². The summed E-state index contributed by atoms with van der Waals surface area (Å²) in [4.78, 5) is 18.4. The number of anilines is 1. The molecule has 5 nitrogen and oxygen atoms in total. The Kier molecular flexibility index (Phi) is 5.93. The van der Waals surface area contributed by atoms with Crippen molar-refractivity contribution in [1.29, 1.82) is 0 Å². The molecule has 1 aromatic heterocycles. The summed E-state index contributed by atoms with van der Waals surface area (Å²) in [5.41, 5.74) is 3.78. The molecule has 2 fully saturated rings. The molecule has 0 bridgehead atoms. The van der Waals surface area contributed by atoms with Gasteiger partial charge in [-0.2, -0.15) is 16.9 Å². The van der Waals surface area contributed by atoms with Gasteiger partial charge in [0, 0.05) is 41.9 Å². The summed E-state index contributed by atoms with van der Waals surface area (Å²) in [6.07, 6.45) is 7.84. The summed E-state index contributed by atoms with van der Waals surface area (Å²) in [7, 11) is 1.85. The zero-order chi connectivity index (χ0) is 24.0. The minimum Gasteiger partial charge on any atom is -0.307 e. The van der Waals surface area contributed by atoms with Gasteiger partial charge in [-0.3, -0.25) is 14.4 Å². The summed E-state index contributed by atoms with van der Waals surface area (Å²) in [6.45, 7) is 2.15. The van der Waals surface area contributed by atoms with Crippen LogP contribution in [-0.4, -0.2) is 51.2 Å². The van der Waals surface area contributed by atoms with E-state index in [-0.39, 0.29) is 18.3 Å². The van der Waals surface area contributed by atoms with Gasteiger partial charge >= 0.3 is 0 Å². The number of para-hydroxylation sites is 1. The number of benzene rings is 2. The maximum atomic E-state index is 15.2. The van der Waals surface area contributed by atoms with Crippen molar-refractivity contribution in [3.63, 3.8) is 0 Å². The molecule has 35 heavy (non-hydrogen) atoms. The third-order valence-electron chi connectivity index (χ3n) is 8.09. The SMILES string of the molecule is Cn1cc(-c2ccc(CN3C(=O)C4(CCN(C5CCCSC5)CC4)c4ccccc43)c(F)c2)cn1. The van der Waals surface area contributed by atoms with E-state index in [9.17, 15) is 4.79 Å². The summed E-state index contributed by atoms with van der Waals surface area (Å²) in [6, 6.07) is 14.1. The second kappa shape index (κ2) is 9.10. The van der Waals surface area contributed by atoms with E-state index >= 15 is 4.39 Å². The van der Waals surface area contributed by atoms with Crippen molar-refractivity contribution in [3.05, 3.63) is 71.8 Å². The normalized spacial score (nSPS) is 22.1. The minimum atomic E-state index is -0.485. The highest BCUT2D eigenvalue weighted by molar-refractivity contribution is 7.99. The fraction of sp³-hybridized carbons (Fsp3) is 0.429. The second-order valence-corrected chi connectivity index (χ2v) is 11.3. The molecule has 0 aliphatic carbocycles. The molecular weight excluding hydrogens is 459 g/mol. The molecule has 3 aromatic rings. The van der Waals surface area contributed by atoms with Gasteiger partial charge in [0.1, 0.15) is 5.82 Å². The van der Waals surface area contributed by atoms with Gasteiger partial charge < -0.3 is 4.90 Å². The van der Waals surface area contributed by atoms with Crippen molar-refractivity contribution >= 4 is 23.4 Å². The van der Waals surface area contributed by atoms with E-state index in [2.05, 4.69) is 27.8 Å². The first-order chi connectivity index (χ1) is 17.0. The summed E-state index contributed by atoms with van der Waals surface area (Å²) >= 11 is 2.06. The molecule has 3 aliphatic rings. The van der Waals surface area contributed by atoms with Crippen molar-refractivity contribution < 1.29 is 9.18 Å². The molecule has 0 N–H and O–H groups in total. The molecule has 2 saturated heterocycles. The van der Waals surface area contributed by atoms with Crippen LogP contribution in [0.15, 0.2) is 54.9 Å². The molecule has 1 spiro atoms. The van der Waals surface area contributed by atoms with Gasteiger partial charge in [0.05, 0.1) is 18.2 Å². The number of hydrogen-bond donors (Lipinski definition) is 0. The van der Waals surface area contributed by atoms with Gasteiger partial charge in [0.25, 0.3) is 0 Å². The number of rotatable bonds is 4. The predicted octanol–water partition coefficient (Wildman–Crippen LogP) is 5.00. The molecule has 1 unspecified atom stereocenters. The Hall–Kier alpha value is -2.64. The van der Waals surface area contributed by atoms with E-state index in [1.165, 1.54) is 24.3 Å². The molecule has 182 valence electrons. The average Bonchev–Trinajstić information content (AvgIpc) is 3.42. The number of fused-ring (bicyclic) bond motifs is 2. The third kappa shape index (κ3) is 3.99. The number of aryl methyl sites for hydroxylation is 1. The fourth-order valence-electron chi connectivity index (χ4n) is 6.12. The highest BCUT2D eigenvalue weighted by atomic mass is 32.2. The van der Waals surface area contributed by atoms with Crippen molar-refractivity contribution in [2.75, 3.05) is 29.5 Å². The number of nitrogens with zero attached hydrogens (tertiary/aromatic N) is 4. The number of carbonyl (C=O) groups excluding carboxylic acids is 1. The second-order valence-electron chi connectivity index (χ2n) is 10.1. The molecular formula is C28H31FN4OS. The Morgan fingerprint density at radius 1 is 1.14 bits per heavy atom. The number of hydrogen-bond acceptors (Lipinski definition) is 4. The van der Waals surface area contributed by atoms with E-state index in [1.807, 2.05) is 48.5 Å². The highest BCUT2D eigenvalue weighted by Crippen LogP contribution is 2.49. The predicted molar refractivity (Wildman–Crippen MR) is 139 cm³/mol. The van der Waals surface area contributed by atoms with Crippen LogP contribution in [0, 0.1) is 5.82 Å². The Morgan fingerprint density at radius 3 is 2.69 bits per heavy atom. The maximum Gasteiger partial charge on any atom is 0.238 e. The molecule has 0 saturated carbocycles. The molecule has 1 amide bonds. The van der Waals surface area contributed by atoms with Gasteiger partial charge in [0.2, 0.25) is 5.91 Å². The van der Waals surface area contributed by atoms with Gasteiger partial charge in [-0.15, -0.1) is 0 Å². The minimum absolute atomic E-state index is 0.132. The Morgan fingerprint density at radius 2 is 1.97 bits per heavy atom. The lowest BCUT2D eigenvalue weighted by Gasteiger charge is -2.43. The number of likely N-dealkylation sites (tertiary alicyclic amines) is 1. The summed E-state index contributed by atoms with van der Waals surface area (Å²) < 4.78 is 16.9. The topological polar surface area (TPSA) is 41.4 Å². The van der Waals surface area contributed by atoms with Gasteiger partial charge in [-0.25, -0.2) is 4.39 Å². The van der Waals surface area contributed by atoms with Gasteiger partial charge in [0.15, 0.2) is 0 Å². The van der Waals surface area contributed by atoms with Crippen molar-refractivity contribution in [2.45, 2.75) is 43.7 Å². The van der Waals surface area contributed by atoms with E-state index < -0.39 is 5.41 Å². The van der Waals surface area contributed by atoms with Crippen molar-refractivity contribution in [1.82, 2.24) is 14.7 Å². The van der Waals surface area contributed by atoms with E-state index in [0.29, 0.717) is 11.6 Å². The lowest BCUT2D eigenvalue weighted by molar-refractivity contribution is -0.125. The molecule has 3 aliphatic heterocycles. The van der Waals surface area contributed by atoms with Crippen LogP contribution in [-0.2, 0) is 23.8 Å². The van der Waals surface area contributed by atoms with Crippen LogP contribution in [0.1, 0.15) is 36.8 Å². The first-order valence-electron chi connectivity index (χ1n) is 12.6. The number of halogens is 1. The maximum absolute atomic E-state index is 15.2. The van der Waals surface area contributed by atoms with Gasteiger partial charge in [-0.05, 0) is 67.8 Å². The quantitative estimate of drug-likeness (QED) is 0.516. The highest BCUT2D eigenvalue weighted by Gasteiger charge is 2.52. The van der Waals surface area contributed by atoms with Crippen LogP contribution in [0.3, 0.4) is 0 Å². The zero-order valence-electron chi connectivity index (χ0n) is 20.1. The number of carbonyl (C=O) groups is 1. The van der Waals surface area contributed by atoms with E-state index in [4.69, 9.17) is 0 Å². The molecule has 4 heterocycles.